The molecule has 3 amide bonds. The number of carbonyl (C=O) groups is 2. The van der Waals surface area contributed by atoms with E-state index in [9.17, 15) is 9.59 Å². The lowest BCUT2D eigenvalue weighted by Gasteiger charge is -2.58. The van der Waals surface area contributed by atoms with Crippen molar-refractivity contribution in [2.75, 3.05) is 0 Å². The van der Waals surface area contributed by atoms with Gasteiger partial charge in [-0.3, -0.25) is 4.79 Å². The smallest absolute Gasteiger partial charge is 0.315 e. The second-order valence-electron chi connectivity index (χ2n) is 8.47. The number of primary amides is 1. The van der Waals surface area contributed by atoms with E-state index < -0.39 is 5.91 Å². The number of rotatable bonds is 7. The molecule has 0 aromatic heterocycles. The van der Waals surface area contributed by atoms with E-state index in [1.807, 2.05) is 6.07 Å². The molecular weight excluding hydrogens is 364 g/mol. The molecule has 2 fully saturated rings. The first-order chi connectivity index (χ1) is 14.0. The van der Waals surface area contributed by atoms with Crippen molar-refractivity contribution >= 4 is 11.9 Å². The molecule has 2 saturated carbocycles. The summed E-state index contributed by atoms with van der Waals surface area (Å²) in [5, 5.41) is 9.58. The molecule has 5 N–H and O–H groups in total. The molecule has 2 aliphatic carbocycles. The van der Waals surface area contributed by atoms with Crippen LogP contribution in [-0.4, -0.2) is 24.0 Å². The molecule has 0 heterocycles. The van der Waals surface area contributed by atoms with Gasteiger partial charge in [0.15, 0.2) is 0 Å². The third kappa shape index (κ3) is 4.77. The number of amides is 3. The van der Waals surface area contributed by atoms with E-state index in [1.54, 1.807) is 24.3 Å². The number of nitrogens with two attached hydrogens (primary N) is 1. The van der Waals surface area contributed by atoms with Crippen molar-refractivity contribution in [1.29, 1.82) is 0 Å². The molecule has 6 heteroatoms. The highest BCUT2D eigenvalue weighted by Crippen LogP contribution is 2.55. The lowest BCUT2D eigenvalue weighted by molar-refractivity contribution is -0.0262. The number of carbonyl (C=O) groups excluding carboxylic acids is 2. The van der Waals surface area contributed by atoms with Crippen LogP contribution in [0.2, 0.25) is 0 Å². The van der Waals surface area contributed by atoms with Gasteiger partial charge in [0.2, 0.25) is 5.91 Å². The molecule has 0 unspecified atom stereocenters. The van der Waals surface area contributed by atoms with Crippen LogP contribution in [0.5, 0.6) is 0 Å². The zero-order valence-corrected chi connectivity index (χ0v) is 16.5. The van der Waals surface area contributed by atoms with Gasteiger partial charge in [0.05, 0.1) is 0 Å². The minimum Gasteiger partial charge on any atom is -0.366 e. The molecule has 0 bridgehead atoms. The van der Waals surface area contributed by atoms with Crippen LogP contribution in [0.15, 0.2) is 54.6 Å². The first kappa shape index (κ1) is 19.5. The molecule has 0 aliphatic heterocycles. The zero-order chi connectivity index (χ0) is 20.3. The number of hydrogen-bond acceptors (Lipinski definition) is 3. The summed E-state index contributed by atoms with van der Waals surface area (Å²) in [7, 11) is 0. The summed E-state index contributed by atoms with van der Waals surface area (Å²) in [6.07, 6.45) is 4.53. The molecule has 29 heavy (non-hydrogen) atoms. The molecule has 2 aliphatic rings. The van der Waals surface area contributed by atoms with Crippen LogP contribution in [0.1, 0.15) is 47.2 Å². The fourth-order valence-electron chi connectivity index (χ4n) is 4.61. The van der Waals surface area contributed by atoms with Gasteiger partial charge in [0.25, 0.3) is 0 Å². The maximum atomic E-state index is 12.1. The molecule has 0 radical (unpaired) electrons. The Morgan fingerprint density at radius 2 is 1.48 bits per heavy atom. The predicted molar refractivity (Wildman–Crippen MR) is 112 cm³/mol. The Kier molecular flexibility index (Phi) is 5.53. The molecule has 6 nitrogen and oxygen atoms in total. The summed E-state index contributed by atoms with van der Waals surface area (Å²) in [4.78, 5) is 23.2. The summed E-state index contributed by atoms with van der Waals surface area (Å²) in [5.41, 5.74) is 8.38. The van der Waals surface area contributed by atoms with E-state index in [4.69, 9.17) is 5.73 Å². The van der Waals surface area contributed by atoms with Crippen molar-refractivity contribution in [1.82, 2.24) is 16.0 Å². The van der Waals surface area contributed by atoms with Gasteiger partial charge in [-0.1, -0.05) is 42.5 Å². The lowest BCUT2D eigenvalue weighted by atomic mass is 9.52. The fourth-order valence-corrected chi connectivity index (χ4v) is 4.61. The molecule has 4 rings (SSSR count). The van der Waals surface area contributed by atoms with E-state index in [0.717, 1.165) is 24.9 Å². The second-order valence-corrected chi connectivity index (χ2v) is 8.47. The molecule has 2 aromatic carbocycles. The summed E-state index contributed by atoms with van der Waals surface area (Å²) < 4.78 is 0. The van der Waals surface area contributed by atoms with E-state index in [1.165, 1.54) is 18.4 Å². The van der Waals surface area contributed by atoms with Gasteiger partial charge in [0, 0.05) is 30.7 Å². The van der Waals surface area contributed by atoms with Crippen LogP contribution < -0.4 is 21.7 Å². The standard InChI is InChI=1S/C23H28N4O2/c24-21(28)18-8-6-17(7-9-18)15-26-22(29)27-20-12-23(13-20)10-19(11-23)25-14-16-4-2-1-3-5-16/h1-9,19-20,25H,10-15H2,(H2,24,28)(H2,26,27,29). The molecule has 0 atom stereocenters. The van der Waals surface area contributed by atoms with Gasteiger partial charge in [0.1, 0.15) is 0 Å². The minimum atomic E-state index is -0.449. The van der Waals surface area contributed by atoms with Crippen LogP contribution in [-0.2, 0) is 13.1 Å². The first-order valence-corrected chi connectivity index (χ1v) is 10.2. The summed E-state index contributed by atoms with van der Waals surface area (Å²) in [6.45, 7) is 1.35. The molecule has 1 spiro atoms. The Morgan fingerprint density at radius 1 is 0.862 bits per heavy atom. The maximum absolute atomic E-state index is 12.1. The predicted octanol–water partition coefficient (Wildman–Crippen LogP) is 2.69. The van der Waals surface area contributed by atoms with Gasteiger partial charge in [-0.25, -0.2) is 4.79 Å². The van der Waals surface area contributed by atoms with E-state index in [0.29, 0.717) is 23.6 Å². The third-order valence-electron chi connectivity index (χ3n) is 6.18. The number of urea groups is 1. The van der Waals surface area contributed by atoms with Crippen LogP contribution in [0.3, 0.4) is 0 Å². The van der Waals surface area contributed by atoms with Gasteiger partial charge in [-0.15, -0.1) is 0 Å². The highest BCUT2D eigenvalue weighted by molar-refractivity contribution is 5.92. The van der Waals surface area contributed by atoms with Gasteiger partial charge >= 0.3 is 6.03 Å². The van der Waals surface area contributed by atoms with E-state index in [2.05, 4.69) is 40.2 Å². The van der Waals surface area contributed by atoms with Crippen molar-refractivity contribution < 1.29 is 9.59 Å². The van der Waals surface area contributed by atoms with Crippen molar-refractivity contribution in [3.63, 3.8) is 0 Å². The minimum absolute atomic E-state index is 0.137. The topological polar surface area (TPSA) is 96.2 Å². The van der Waals surface area contributed by atoms with Gasteiger partial charge in [-0.05, 0) is 54.4 Å². The van der Waals surface area contributed by atoms with Crippen molar-refractivity contribution in [3.8, 4) is 0 Å². The Morgan fingerprint density at radius 3 is 2.14 bits per heavy atom. The largest absolute Gasteiger partial charge is 0.366 e. The number of benzene rings is 2. The Balaban J connectivity index is 1.11. The zero-order valence-electron chi connectivity index (χ0n) is 16.5. The van der Waals surface area contributed by atoms with Crippen LogP contribution >= 0.6 is 0 Å². The van der Waals surface area contributed by atoms with Crippen molar-refractivity contribution in [3.05, 3.63) is 71.3 Å². The van der Waals surface area contributed by atoms with Crippen molar-refractivity contribution in [2.24, 2.45) is 11.1 Å². The first-order valence-electron chi connectivity index (χ1n) is 10.2. The van der Waals surface area contributed by atoms with Crippen LogP contribution in [0.25, 0.3) is 0 Å². The molecule has 0 saturated heterocycles. The third-order valence-corrected chi connectivity index (χ3v) is 6.18. The maximum Gasteiger partial charge on any atom is 0.315 e. The van der Waals surface area contributed by atoms with Crippen molar-refractivity contribution in [2.45, 2.75) is 50.9 Å². The highest BCUT2D eigenvalue weighted by Gasteiger charge is 2.52. The number of hydrogen-bond donors (Lipinski definition) is 4. The average molecular weight is 393 g/mol. The van der Waals surface area contributed by atoms with E-state index in [-0.39, 0.29) is 12.1 Å². The monoisotopic (exact) mass is 392 g/mol. The summed E-state index contributed by atoms with van der Waals surface area (Å²) in [6, 6.07) is 18.1. The Labute approximate surface area is 171 Å². The molecule has 152 valence electrons. The fraction of sp³-hybridized carbons (Fsp3) is 0.391. The quantitative estimate of drug-likeness (QED) is 0.583. The van der Waals surface area contributed by atoms with Crippen LogP contribution in [0, 0.1) is 5.41 Å². The molecule has 2 aromatic rings. The summed E-state index contributed by atoms with van der Waals surface area (Å²) >= 11 is 0. The van der Waals surface area contributed by atoms with Crippen LogP contribution in [0.4, 0.5) is 4.79 Å². The number of nitrogens with one attached hydrogen (secondary N) is 3. The lowest BCUT2D eigenvalue weighted by Crippen LogP contribution is -2.61. The highest BCUT2D eigenvalue weighted by atomic mass is 16.2. The van der Waals surface area contributed by atoms with Gasteiger partial charge in [-0.2, -0.15) is 0 Å². The van der Waals surface area contributed by atoms with E-state index >= 15 is 0 Å². The molecular formula is C23H28N4O2. The van der Waals surface area contributed by atoms with Gasteiger partial charge < -0.3 is 21.7 Å². The summed E-state index contributed by atoms with van der Waals surface area (Å²) in [5.74, 6) is -0.449. The Bertz CT molecular complexity index is 852. The second kappa shape index (κ2) is 8.25. The normalized spacial score (nSPS) is 25.0. The SMILES string of the molecule is NC(=O)c1ccc(CNC(=O)NC2CC3(CC(NCc4ccccc4)C3)C2)cc1. The Hall–Kier alpha value is -2.86. The average Bonchev–Trinajstić information content (AvgIpc) is 2.67.